The van der Waals surface area contributed by atoms with E-state index in [4.69, 9.17) is 5.84 Å². The Kier molecular flexibility index (Phi) is 4.56. The molecule has 0 amide bonds. The van der Waals surface area contributed by atoms with Crippen molar-refractivity contribution in [1.29, 1.82) is 0 Å². The van der Waals surface area contributed by atoms with Crippen LogP contribution in [0.4, 0.5) is 5.82 Å². The monoisotopic (exact) mass is 264 g/mol. The fourth-order valence-corrected chi connectivity index (χ4v) is 2.41. The van der Waals surface area contributed by atoms with Gasteiger partial charge in [0.15, 0.2) is 5.82 Å². The van der Waals surface area contributed by atoms with Gasteiger partial charge in [0, 0.05) is 11.0 Å². The molecule has 0 aromatic carbocycles. The molecule has 0 aliphatic rings. The average Bonchev–Trinajstić information content (AvgIpc) is 2.26. The highest BCUT2D eigenvalue weighted by Crippen LogP contribution is 2.37. The molecular formula is C15H28N4. The molecule has 1 aromatic rings. The number of aromatic nitrogens is 2. The molecule has 0 unspecified atom stereocenters. The number of rotatable bonds is 3. The minimum atomic E-state index is -0.0226. The van der Waals surface area contributed by atoms with E-state index in [1.807, 2.05) is 0 Å². The maximum atomic E-state index is 5.60. The second-order valence-corrected chi connectivity index (χ2v) is 7.15. The standard InChI is InChI=1S/C15H28N4/c1-8-9-10-11(14(2,3)4)12(15(5,6)7)18-19-13(10)17-16/h8-9,16H2,1-7H3,(H,17,19). The first kappa shape index (κ1) is 15.9. The van der Waals surface area contributed by atoms with Crippen molar-refractivity contribution in [3.63, 3.8) is 0 Å². The van der Waals surface area contributed by atoms with Crippen molar-refractivity contribution in [2.75, 3.05) is 5.43 Å². The molecule has 0 atom stereocenters. The van der Waals surface area contributed by atoms with Crippen LogP contribution in [0.15, 0.2) is 0 Å². The molecule has 1 heterocycles. The fraction of sp³-hybridized carbons (Fsp3) is 0.733. The maximum absolute atomic E-state index is 5.60. The van der Waals surface area contributed by atoms with Gasteiger partial charge >= 0.3 is 0 Å². The predicted molar refractivity (Wildman–Crippen MR) is 81.2 cm³/mol. The van der Waals surface area contributed by atoms with Crippen LogP contribution in [0.3, 0.4) is 0 Å². The Morgan fingerprint density at radius 2 is 1.58 bits per heavy atom. The summed E-state index contributed by atoms with van der Waals surface area (Å²) in [5, 5.41) is 8.71. The molecule has 0 saturated carbocycles. The van der Waals surface area contributed by atoms with Crippen LogP contribution in [0.1, 0.15) is 71.7 Å². The lowest BCUT2D eigenvalue weighted by Gasteiger charge is -2.31. The van der Waals surface area contributed by atoms with Crippen LogP contribution in [0.5, 0.6) is 0 Å². The molecule has 4 nitrogen and oxygen atoms in total. The lowest BCUT2D eigenvalue weighted by molar-refractivity contribution is 0.500. The van der Waals surface area contributed by atoms with Gasteiger partial charge in [-0.25, -0.2) is 5.84 Å². The molecule has 19 heavy (non-hydrogen) atoms. The van der Waals surface area contributed by atoms with Crippen molar-refractivity contribution in [2.24, 2.45) is 5.84 Å². The summed E-state index contributed by atoms with van der Waals surface area (Å²) in [6.45, 7) is 15.4. The smallest absolute Gasteiger partial charge is 0.166 e. The SMILES string of the molecule is CCCc1c(NN)nnc(C(C)(C)C)c1C(C)(C)C. The van der Waals surface area contributed by atoms with Crippen LogP contribution in [0.25, 0.3) is 0 Å². The van der Waals surface area contributed by atoms with E-state index < -0.39 is 0 Å². The first-order valence-electron chi connectivity index (χ1n) is 7.00. The summed E-state index contributed by atoms with van der Waals surface area (Å²) in [6.07, 6.45) is 2.03. The summed E-state index contributed by atoms with van der Waals surface area (Å²) in [7, 11) is 0. The Morgan fingerprint density at radius 3 is 1.95 bits per heavy atom. The van der Waals surface area contributed by atoms with Gasteiger partial charge in [-0.15, -0.1) is 5.10 Å². The molecule has 0 spiro atoms. The van der Waals surface area contributed by atoms with Gasteiger partial charge in [-0.05, 0) is 17.4 Å². The highest BCUT2D eigenvalue weighted by atomic mass is 15.3. The Labute approximate surface area is 117 Å². The second kappa shape index (κ2) is 5.45. The fourth-order valence-electron chi connectivity index (χ4n) is 2.41. The van der Waals surface area contributed by atoms with Crippen LogP contribution in [-0.4, -0.2) is 10.2 Å². The Bertz CT molecular complexity index is 439. The zero-order chi connectivity index (χ0) is 14.8. The zero-order valence-corrected chi connectivity index (χ0v) is 13.4. The molecule has 1 rings (SSSR count). The molecule has 0 bridgehead atoms. The van der Waals surface area contributed by atoms with E-state index in [0.717, 1.165) is 18.5 Å². The van der Waals surface area contributed by atoms with Crippen LogP contribution in [0.2, 0.25) is 0 Å². The molecule has 0 aliphatic heterocycles. The van der Waals surface area contributed by atoms with Crippen molar-refractivity contribution in [3.8, 4) is 0 Å². The van der Waals surface area contributed by atoms with E-state index in [-0.39, 0.29) is 10.8 Å². The van der Waals surface area contributed by atoms with Crippen molar-refractivity contribution in [1.82, 2.24) is 10.2 Å². The summed E-state index contributed by atoms with van der Waals surface area (Å²) in [5.74, 6) is 6.31. The molecule has 3 N–H and O–H groups in total. The first-order valence-corrected chi connectivity index (χ1v) is 7.00. The second-order valence-electron chi connectivity index (χ2n) is 7.15. The summed E-state index contributed by atoms with van der Waals surface area (Å²) in [6, 6.07) is 0. The number of hydrogen-bond acceptors (Lipinski definition) is 4. The average molecular weight is 264 g/mol. The van der Waals surface area contributed by atoms with E-state index >= 15 is 0 Å². The van der Waals surface area contributed by atoms with Gasteiger partial charge in [0.05, 0.1) is 5.69 Å². The summed E-state index contributed by atoms with van der Waals surface area (Å²) in [5.41, 5.74) is 6.26. The zero-order valence-electron chi connectivity index (χ0n) is 13.4. The summed E-state index contributed by atoms with van der Waals surface area (Å²) < 4.78 is 0. The third-order valence-corrected chi connectivity index (χ3v) is 3.17. The first-order chi connectivity index (χ1) is 8.62. The van der Waals surface area contributed by atoms with E-state index in [1.54, 1.807) is 0 Å². The summed E-state index contributed by atoms with van der Waals surface area (Å²) >= 11 is 0. The molecule has 1 aromatic heterocycles. The van der Waals surface area contributed by atoms with Gasteiger partial charge in [-0.2, -0.15) is 5.10 Å². The number of nitrogen functional groups attached to an aromatic ring is 1. The number of nitrogens with zero attached hydrogens (tertiary/aromatic N) is 2. The molecule has 4 heteroatoms. The van der Waals surface area contributed by atoms with Crippen molar-refractivity contribution < 1.29 is 0 Å². The number of nitrogens with two attached hydrogens (primary N) is 1. The normalized spacial score (nSPS) is 12.6. The Hall–Kier alpha value is -1.16. The highest BCUT2D eigenvalue weighted by molar-refractivity contribution is 5.52. The highest BCUT2D eigenvalue weighted by Gasteiger charge is 2.31. The van der Waals surface area contributed by atoms with Gasteiger partial charge in [-0.3, -0.25) is 0 Å². The molecule has 0 fully saturated rings. The number of nitrogens with one attached hydrogen (secondary N) is 1. The van der Waals surface area contributed by atoms with Crippen LogP contribution >= 0.6 is 0 Å². The van der Waals surface area contributed by atoms with E-state index in [2.05, 4.69) is 64.1 Å². The van der Waals surface area contributed by atoms with Crippen LogP contribution < -0.4 is 11.3 Å². The minimum Gasteiger partial charge on any atom is -0.307 e. The molecule has 0 aliphatic carbocycles. The van der Waals surface area contributed by atoms with Gasteiger partial charge in [0.1, 0.15) is 0 Å². The van der Waals surface area contributed by atoms with E-state index in [1.165, 1.54) is 11.1 Å². The topological polar surface area (TPSA) is 63.8 Å². The van der Waals surface area contributed by atoms with Gasteiger partial charge in [0.2, 0.25) is 0 Å². The van der Waals surface area contributed by atoms with E-state index in [0.29, 0.717) is 5.82 Å². The predicted octanol–water partition coefficient (Wildman–Crippen LogP) is 3.31. The van der Waals surface area contributed by atoms with Crippen molar-refractivity contribution in [2.45, 2.75) is 72.1 Å². The number of anilines is 1. The number of hydrogen-bond donors (Lipinski definition) is 2. The van der Waals surface area contributed by atoms with Gasteiger partial charge < -0.3 is 5.43 Å². The maximum Gasteiger partial charge on any atom is 0.166 e. The molecule has 108 valence electrons. The molecular weight excluding hydrogens is 236 g/mol. The summed E-state index contributed by atoms with van der Waals surface area (Å²) in [4.78, 5) is 0. The van der Waals surface area contributed by atoms with Crippen molar-refractivity contribution >= 4 is 5.82 Å². The third kappa shape index (κ3) is 3.44. The van der Waals surface area contributed by atoms with Crippen molar-refractivity contribution in [3.05, 3.63) is 16.8 Å². The minimum absolute atomic E-state index is 0.0225. The molecule has 0 radical (unpaired) electrons. The lowest BCUT2D eigenvalue weighted by Crippen LogP contribution is -2.28. The largest absolute Gasteiger partial charge is 0.307 e. The van der Waals surface area contributed by atoms with E-state index in [9.17, 15) is 0 Å². The van der Waals surface area contributed by atoms with Crippen LogP contribution in [0, 0.1) is 0 Å². The Morgan fingerprint density at radius 1 is 1.00 bits per heavy atom. The van der Waals surface area contributed by atoms with Gasteiger partial charge in [0.25, 0.3) is 0 Å². The quantitative estimate of drug-likeness (QED) is 0.649. The number of hydrazine groups is 1. The Balaban J connectivity index is 3.64. The third-order valence-electron chi connectivity index (χ3n) is 3.17. The van der Waals surface area contributed by atoms with Crippen LogP contribution in [-0.2, 0) is 17.3 Å². The lowest BCUT2D eigenvalue weighted by atomic mass is 9.76. The molecule has 0 saturated heterocycles. The van der Waals surface area contributed by atoms with Gasteiger partial charge in [-0.1, -0.05) is 54.9 Å².